The van der Waals surface area contributed by atoms with E-state index >= 15 is 0 Å². The monoisotopic (exact) mass is 352 g/mol. The molecule has 2 amide bonds. The maximum absolute atomic E-state index is 13.2. The molecule has 0 spiro atoms. The number of ether oxygens (including phenoxy) is 2. The van der Waals surface area contributed by atoms with Crippen molar-refractivity contribution in [2.45, 2.75) is 6.54 Å². The van der Waals surface area contributed by atoms with Gasteiger partial charge >= 0.3 is 6.03 Å². The first-order chi connectivity index (χ1) is 11.4. The SMILES string of the molecule is COc1cc(OC)c(NC(=O)N(C)Cc2cccc(F)c2)cc1Cl. The molecule has 0 unspecified atom stereocenters. The lowest BCUT2D eigenvalue weighted by molar-refractivity contribution is 0.220. The number of carbonyl (C=O) groups is 1. The van der Waals surface area contributed by atoms with E-state index in [2.05, 4.69) is 5.32 Å². The second-order valence-corrected chi connectivity index (χ2v) is 5.51. The third-order valence-electron chi connectivity index (χ3n) is 3.37. The minimum atomic E-state index is -0.376. The predicted octanol–water partition coefficient (Wildman–Crippen LogP) is 4.16. The first kappa shape index (κ1) is 17.9. The highest BCUT2D eigenvalue weighted by atomic mass is 35.5. The van der Waals surface area contributed by atoms with E-state index in [1.54, 1.807) is 31.3 Å². The molecule has 2 rings (SSSR count). The lowest BCUT2D eigenvalue weighted by Crippen LogP contribution is -2.31. The number of hydrogen-bond donors (Lipinski definition) is 1. The fraction of sp³-hybridized carbons (Fsp3) is 0.235. The molecule has 1 N–H and O–H groups in total. The molecule has 7 heteroatoms. The standard InChI is InChI=1S/C17H18ClFN2O3/c1-21(10-11-5-4-6-12(19)7-11)17(22)20-14-8-13(18)15(23-2)9-16(14)24-3/h4-9H,10H2,1-3H3,(H,20,22). The third-order valence-corrected chi connectivity index (χ3v) is 3.67. The van der Waals surface area contributed by atoms with E-state index in [4.69, 9.17) is 21.1 Å². The zero-order chi connectivity index (χ0) is 17.7. The van der Waals surface area contributed by atoms with Gasteiger partial charge in [-0.15, -0.1) is 0 Å². The summed E-state index contributed by atoms with van der Waals surface area (Å²) >= 11 is 6.08. The first-order valence-corrected chi connectivity index (χ1v) is 7.50. The second kappa shape index (κ2) is 7.88. The smallest absolute Gasteiger partial charge is 0.321 e. The average molecular weight is 353 g/mol. The van der Waals surface area contributed by atoms with Crippen LogP contribution in [0.15, 0.2) is 36.4 Å². The Morgan fingerprint density at radius 3 is 2.54 bits per heavy atom. The molecule has 0 heterocycles. The predicted molar refractivity (Wildman–Crippen MR) is 91.4 cm³/mol. The van der Waals surface area contributed by atoms with Crippen LogP contribution >= 0.6 is 11.6 Å². The summed E-state index contributed by atoms with van der Waals surface area (Å²) in [5, 5.41) is 3.06. The number of carbonyl (C=O) groups excluding carboxylic acids is 1. The molecular formula is C17H18ClFN2O3. The van der Waals surface area contributed by atoms with Crippen molar-refractivity contribution >= 4 is 23.3 Å². The van der Waals surface area contributed by atoms with Crippen LogP contribution in [0.25, 0.3) is 0 Å². The highest BCUT2D eigenvalue weighted by Gasteiger charge is 2.15. The van der Waals surface area contributed by atoms with Crippen molar-refractivity contribution in [2.75, 3.05) is 26.6 Å². The lowest BCUT2D eigenvalue weighted by Gasteiger charge is -2.19. The number of amides is 2. The van der Waals surface area contributed by atoms with Gasteiger partial charge in [-0.1, -0.05) is 23.7 Å². The molecule has 0 aromatic heterocycles. The molecule has 0 radical (unpaired) electrons. The number of urea groups is 1. The van der Waals surface area contributed by atoms with E-state index in [0.29, 0.717) is 27.8 Å². The van der Waals surface area contributed by atoms with Crippen molar-refractivity contribution in [3.05, 3.63) is 52.8 Å². The number of rotatable bonds is 5. The van der Waals surface area contributed by atoms with Gasteiger partial charge in [0.2, 0.25) is 0 Å². The lowest BCUT2D eigenvalue weighted by atomic mass is 10.2. The van der Waals surface area contributed by atoms with Gasteiger partial charge in [-0.25, -0.2) is 9.18 Å². The Kier molecular flexibility index (Phi) is 5.87. The quantitative estimate of drug-likeness (QED) is 0.879. The normalized spacial score (nSPS) is 10.2. The van der Waals surface area contributed by atoms with Gasteiger partial charge in [-0.05, 0) is 23.8 Å². The highest BCUT2D eigenvalue weighted by Crippen LogP contribution is 2.36. The molecule has 0 bridgehead atoms. The van der Waals surface area contributed by atoms with Crippen LogP contribution in [0.5, 0.6) is 11.5 Å². The Morgan fingerprint density at radius 1 is 1.21 bits per heavy atom. The summed E-state index contributed by atoms with van der Waals surface area (Å²) in [6.45, 7) is 0.260. The van der Waals surface area contributed by atoms with Crippen molar-refractivity contribution in [3.63, 3.8) is 0 Å². The van der Waals surface area contributed by atoms with Crippen LogP contribution in [0.2, 0.25) is 5.02 Å². The summed E-state index contributed by atoms with van der Waals surface area (Å²) in [5.41, 5.74) is 1.10. The van der Waals surface area contributed by atoms with E-state index < -0.39 is 0 Å². The van der Waals surface area contributed by atoms with E-state index in [1.165, 1.54) is 31.3 Å². The fourth-order valence-electron chi connectivity index (χ4n) is 2.15. The van der Waals surface area contributed by atoms with E-state index in [-0.39, 0.29) is 18.4 Å². The minimum absolute atomic E-state index is 0.260. The molecule has 0 saturated carbocycles. The van der Waals surface area contributed by atoms with Gasteiger partial charge in [0.15, 0.2) is 0 Å². The topological polar surface area (TPSA) is 50.8 Å². The van der Waals surface area contributed by atoms with Crippen molar-refractivity contribution in [1.82, 2.24) is 4.90 Å². The van der Waals surface area contributed by atoms with Gasteiger partial charge in [0.05, 0.1) is 24.9 Å². The number of halogens is 2. The van der Waals surface area contributed by atoms with Gasteiger partial charge in [-0.2, -0.15) is 0 Å². The number of benzene rings is 2. The maximum atomic E-state index is 13.2. The molecule has 2 aromatic carbocycles. The first-order valence-electron chi connectivity index (χ1n) is 7.12. The Morgan fingerprint density at radius 2 is 1.92 bits per heavy atom. The van der Waals surface area contributed by atoms with E-state index in [1.807, 2.05) is 0 Å². The average Bonchev–Trinajstić information content (AvgIpc) is 2.55. The highest BCUT2D eigenvalue weighted by molar-refractivity contribution is 6.32. The molecule has 0 saturated heterocycles. The van der Waals surface area contributed by atoms with Gasteiger partial charge in [0, 0.05) is 19.7 Å². The summed E-state index contributed by atoms with van der Waals surface area (Å²) in [6, 6.07) is 8.85. The number of methoxy groups -OCH3 is 2. The number of nitrogens with zero attached hydrogens (tertiary/aromatic N) is 1. The molecule has 0 aliphatic carbocycles. The molecule has 5 nitrogen and oxygen atoms in total. The molecule has 0 atom stereocenters. The van der Waals surface area contributed by atoms with Crippen LogP contribution in [0.3, 0.4) is 0 Å². The third kappa shape index (κ3) is 4.29. The molecule has 128 valence electrons. The van der Waals surface area contributed by atoms with Crippen molar-refractivity contribution < 1.29 is 18.7 Å². The number of hydrogen-bond acceptors (Lipinski definition) is 3. The van der Waals surface area contributed by atoms with Gasteiger partial charge in [-0.3, -0.25) is 0 Å². The van der Waals surface area contributed by atoms with Crippen LogP contribution < -0.4 is 14.8 Å². The molecule has 0 aliphatic heterocycles. The summed E-state index contributed by atoms with van der Waals surface area (Å²) in [4.78, 5) is 13.7. The van der Waals surface area contributed by atoms with E-state index in [9.17, 15) is 9.18 Å². The van der Waals surface area contributed by atoms with Crippen molar-refractivity contribution in [2.24, 2.45) is 0 Å². The van der Waals surface area contributed by atoms with Crippen LogP contribution in [-0.2, 0) is 6.54 Å². The Bertz CT molecular complexity index is 740. The van der Waals surface area contributed by atoms with Gasteiger partial charge in [0.1, 0.15) is 17.3 Å². The summed E-state index contributed by atoms with van der Waals surface area (Å²) in [5.74, 6) is 0.522. The molecular weight excluding hydrogens is 335 g/mol. The zero-order valence-electron chi connectivity index (χ0n) is 13.6. The van der Waals surface area contributed by atoms with Crippen LogP contribution in [0.4, 0.5) is 14.9 Å². The minimum Gasteiger partial charge on any atom is -0.495 e. The Balaban J connectivity index is 2.12. The van der Waals surface area contributed by atoms with Gasteiger partial charge < -0.3 is 19.7 Å². The largest absolute Gasteiger partial charge is 0.495 e. The van der Waals surface area contributed by atoms with E-state index in [0.717, 1.165) is 0 Å². The van der Waals surface area contributed by atoms with Crippen LogP contribution in [-0.4, -0.2) is 32.2 Å². The molecule has 24 heavy (non-hydrogen) atoms. The maximum Gasteiger partial charge on any atom is 0.321 e. The van der Waals surface area contributed by atoms with Crippen molar-refractivity contribution in [1.29, 1.82) is 0 Å². The zero-order valence-corrected chi connectivity index (χ0v) is 14.4. The summed E-state index contributed by atoms with van der Waals surface area (Å²) in [7, 11) is 4.58. The number of anilines is 1. The van der Waals surface area contributed by atoms with Crippen LogP contribution in [0.1, 0.15) is 5.56 Å². The second-order valence-electron chi connectivity index (χ2n) is 5.10. The fourth-order valence-corrected chi connectivity index (χ4v) is 2.39. The number of nitrogens with one attached hydrogen (secondary N) is 1. The van der Waals surface area contributed by atoms with Crippen LogP contribution in [0, 0.1) is 5.82 Å². The molecule has 0 fully saturated rings. The molecule has 0 aliphatic rings. The van der Waals surface area contributed by atoms with Crippen molar-refractivity contribution in [3.8, 4) is 11.5 Å². The Labute approximate surface area is 144 Å². The molecule has 2 aromatic rings. The summed E-state index contributed by atoms with van der Waals surface area (Å²) < 4.78 is 23.6. The Hall–Kier alpha value is -2.47. The summed E-state index contributed by atoms with van der Waals surface area (Å²) in [6.07, 6.45) is 0. The van der Waals surface area contributed by atoms with Gasteiger partial charge in [0.25, 0.3) is 0 Å².